The summed E-state index contributed by atoms with van der Waals surface area (Å²) in [5.74, 6) is 1.13. The van der Waals surface area contributed by atoms with Gasteiger partial charge in [-0.2, -0.15) is 13.2 Å². The molecule has 2 rings (SSSR count). The Labute approximate surface area is 191 Å². The zero-order valence-electron chi connectivity index (χ0n) is 16.8. The van der Waals surface area contributed by atoms with E-state index in [2.05, 4.69) is 20.6 Å². The summed E-state index contributed by atoms with van der Waals surface area (Å²) in [5, 5.41) is 6.30. The second-order valence-electron chi connectivity index (χ2n) is 6.14. The zero-order chi connectivity index (χ0) is 21.1. The average Bonchev–Trinajstić information content (AvgIpc) is 2.71. The summed E-state index contributed by atoms with van der Waals surface area (Å²) in [6.45, 7) is 2.00. The predicted octanol–water partition coefficient (Wildman–Crippen LogP) is 3.65. The van der Waals surface area contributed by atoms with Crippen LogP contribution in [0.1, 0.15) is 16.7 Å². The van der Waals surface area contributed by atoms with E-state index in [0.29, 0.717) is 44.6 Å². The van der Waals surface area contributed by atoms with Crippen molar-refractivity contribution in [2.75, 3.05) is 33.9 Å². The first-order valence-electron chi connectivity index (χ1n) is 9.09. The smallest absolute Gasteiger partial charge is 0.416 e. The van der Waals surface area contributed by atoms with E-state index in [0.717, 1.165) is 23.3 Å². The predicted molar refractivity (Wildman–Crippen MR) is 120 cm³/mol. The molecule has 0 bridgehead atoms. The minimum atomic E-state index is -4.31. The Balaban J connectivity index is 0.00000450. The van der Waals surface area contributed by atoms with Gasteiger partial charge in [-0.15, -0.1) is 24.0 Å². The van der Waals surface area contributed by atoms with Crippen molar-refractivity contribution in [2.45, 2.75) is 19.1 Å². The number of hydrogen-bond donors (Lipinski definition) is 2. The van der Waals surface area contributed by atoms with E-state index >= 15 is 0 Å². The van der Waals surface area contributed by atoms with Gasteiger partial charge in [-0.3, -0.25) is 4.99 Å². The quantitative estimate of drug-likeness (QED) is 0.221. The molecule has 0 atom stereocenters. The van der Waals surface area contributed by atoms with E-state index in [-0.39, 0.29) is 24.0 Å². The van der Waals surface area contributed by atoms with Crippen LogP contribution in [-0.4, -0.2) is 44.9 Å². The van der Waals surface area contributed by atoms with Crippen LogP contribution in [0, 0.1) is 0 Å². The third kappa shape index (κ3) is 9.16. The monoisotopic (exact) mass is 538 g/mol. The molecular weight excluding hydrogens is 512 g/mol. The maximum Gasteiger partial charge on any atom is 0.416 e. The lowest BCUT2D eigenvalue weighted by molar-refractivity contribution is -0.137. The topological polar surface area (TPSA) is 67.8 Å². The zero-order valence-corrected chi connectivity index (χ0v) is 19.2. The van der Waals surface area contributed by atoms with Crippen LogP contribution in [0.4, 0.5) is 13.2 Å². The first kappa shape index (κ1) is 26.0. The van der Waals surface area contributed by atoms with Gasteiger partial charge in [-0.25, -0.2) is 4.98 Å². The number of ether oxygens (including phenoxy) is 2. The molecule has 1 heterocycles. The van der Waals surface area contributed by atoms with Gasteiger partial charge in [0.1, 0.15) is 6.61 Å². The van der Waals surface area contributed by atoms with Gasteiger partial charge in [0.2, 0.25) is 5.88 Å². The number of guanidine groups is 1. The molecule has 6 nitrogen and oxygen atoms in total. The number of pyridine rings is 1. The Morgan fingerprint density at radius 2 is 1.73 bits per heavy atom. The van der Waals surface area contributed by atoms with Crippen molar-refractivity contribution < 1.29 is 22.6 Å². The van der Waals surface area contributed by atoms with Gasteiger partial charge in [0.15, 0.2) is 5.96 Å². The number of nitrogens with zero attached hydrogens (tertiary/aromatic N) is 2. The van der Waals surface area contributed by atoms with E-state index < -0.39 is 11.7 Å². The minimum Gasteiger partial charge on any atom is -0.475 e. The molecule has 1 aromatic heterocycles. The number of hydrogen-bond acceptors (Lipinski definition) is 4. The molecule has 10 heteroatoms. The second kappa shape index (κ2) is 13.3. The largest absolute Gasteiger partial charge is 0.475 e. The standard InChI is InChI=1S/C20H25F3N4O2.HI/c1-24-19(25-10-9-15-3-6-17(7-4-15)20(21,22)23)27-14-16-5-8-18(26-13-16)29-12-11-28-2;/h3-8,13H,9-12,14H2,1-2H3,(H2,24,25,27);1H. The molecule has 1 aromatic carbocycles. The van der Waals surface area contributed by atoms with Crippen LogP contribution in [0.15, 0.2) is 47.6 Å². The lowest BCUT2D eigenvalue weighted by Crippen LogP contribution is -2.37. The van der Waals surface area contributed by atoms with Gasteiger partial charge in [0.25, 0.3) is 0 Å². The fourth-order valence-electron chi connectivity index (χ4n) is 2.42. The maximum absolute atomic E-state index is 12.6. The van der Waals surface area contributed by atoms with Crippen molar-refractivity contribution in [1.82, 2.24) is 15.6 Å². The second-order valence-corrected chi connectivity index (χ2v) is 6.14. The number of nitrogens with one attached hydrogen (secondary N) is 2. The molecule has 0 radical (unpaired) electrons. The molecule has 0 spiro atoms. The Bertz CT molecular complexity index is 769. The van der Waals surface area contributed by atoms with Crippen LogP contribution in [0.25, 0.3) is 0 Å². The SMILES string of the molecule is CN=C(NCCc1ccc(C(F)(F)F)cc1)NCc1ccc(OCCOC)nc1.I. The van der Waals surface area contributed by atoms with Crippen LogP contribution in [0.2, 0.25) is 0 Å². The van der Waals surface area contributed by atoms with Gasteiger partial charge in [-0.1, -0.05) is 18.2 Å². The number of aliphatic imine (C=N–C) groups is 1. The Morgan fingerprint density at radius 1 is 1.03 bits per heavy atom. The van der Waals surface area contributed by atoms with Crippen LogP contribution in [-0.2, 0) is 23.9 Å². The Hall–Kier alpha value is -2.08. The Morgan fingerprint density at radius 3 is 2.30 bits per heavy atom. The summed E-state index contributed by atoms with van der Waals surface area (Å²) in [6.07, 6.45) is -2.02. The number of benzene rings is 1. The molecule has 0 fully saturated rings. The number of aromatic nitrogens is 1. The first-order chi connectivity index (χ1) is 13.9. The summed E-state index contributed by atoms with van der Waals surface area (Å²) in [6, 6.07) is 8.85. The first-order valence-corrected chi connectivity index (χ1v) is 9.09. The van der Waals surface area contributed by atoms with Crippen molar-refractivity contribution in [3.05, 3.63) is 59.3 Å². The number of halogens is 4. The summed E-state index contributed by atoms with van der Waals surface area (Å²) in [7, 11) is 3.26. The third-order valence-corrected chi connectivity index (χ3v) is 4.01. The van der Waals surface area contributed by atoms with Crippen LogP contribution in [0.5, 0.6) is 5.88 Å². The summed E-state index contributed by atoms with van der Waals surface area (Å²) < 4.78 is 48.1. The molecule has 166 valence electrons. The van der Waals surface area contributed by atoms with Gasteiger partial charge < -0.3 is 20.1 Å². The highest BCUT2D eigenvalue weighted by atomic mass is 127. The van der Waals surface area contributed by atoms with E-state index in [1.54, 1.807) is 26.4 Å². The van der Waals surface area contributed by atoms with E-state index in [1.807, 2.05) is 6.07 Å². The van der Waals surface area contributed by atoms with Crippen LogP contribution < -0.4 is 15.4 Å². The molecule has 0 aliphatic carbocycles. The molecule has 2 N–H and O–H groups in total. The van der Waals surface area contributed by atoms with Gasteiger partial charge >= 0.3 is 6.18 Å². The average molecular weight is 538 g/mol. The molecule has 0 saturated heterocycles. The number of methoxy groups -OCH3 is 1. The molecule has 0 amide bonds. The van der Waals surface area contributed by atoms with Crippen LogP contribution in [0.3, 0.4) is 0 Å². The summed E-state index contributed by atoms with van der Waals surface area (Å²) in [4.78, 5) is 8.36. The lowest BCUT2D eigenvalue weighted by Gasteiger charge is -2.12. The van der Waals surface area contributed by atoms with Crippen LogP contribution >= 0.6 is 24.0 Å². The lowest BCUT2D eigenvalue weighted by atomic mass is 10.1. The molecule has 30 heavy (non-hydrogen) atoms. The highest BCUT2D eigenvalue weighted by Gasteiger charge is 2.29. The van der Waals surface area contributed by atoms with Crippen molar-refractivity contribution in [1.29, 1.82) is 0 Å². The van der Waals surface area contributed by atoms with Crippen molar-refractivity contribution in [3.63, 3.8) is 0 Å². The highest BCUT2D eigenvalue weighted by Crippen LogP contribution is 2.29. The number of alkyl halides is 3. The Kier molecular flexibility index (Phi) is 11.5. The third-order valence-electron chi connectivity index (χ3n) is 4.01. The highest BCUT2D eigenvalue weighted by molar-refractivity contribution is 14.0. The van der Waals surface area contributed by atoms with Crippen molar-refractivity contribution in [3.8, 4) is 5.88 Å². The summed E-state index contributed by atoms with van der Waals surface area (Å²) in [5.41, 5.74) is 1.12. The number of rotatable bonds is 9. The fraction of sp³-hybridized carbons (Fsp3) is 0.400. The van der Waals surface area contributed by atoms with Crippen molar-refractivity contribution in [2.24, 2.45) is 4.99 Å². The maximum atomic E-state index is 12.6. The minimum absolute atomic E-state index is 0. The van der Waals surface area contributed by atoms with E-state index in [9.17, 15) is 13.2 Å². The van der Waals surface area contributed by atoms with E-state index in [1.165, 1.54) is 12.1 Å². The molecule has 2 aromatic rings. The normalized spacial score (nSPS) is 11.6. The fourth-order valence-corrected chi connectivity index (χ4v) is 2.42. The van der Waals surface area contributed by atoms with Gasteiger partial charge in [0, 0.05) is 39.5 Å². The van der Waals surface area contributed by atoms with E-state index in [4.69, 9.17) is 9.47 Å². The molecule has 0 saturated carbocycles. The van der Waals surface area contributed by atoms with Crippen molar-refractivity contribution >= 4 is 29.9 Å². The molecule has 0 aliphatic heterocycles. The van der Waals surface area contributed by atoms with Gasteiger partial charge in [-0.05, 0) is 29.7 Å². The summed E-state index contributed by atoms with van der Waals surface area (Å²) >= 11 is 0. The molecule has 0 aliphatic rings. The molecular formula is C20H26F3IN4O2. The van der Waals surface area contributed by atoms with Gasteiger partial charge in [0.05, 0.1) is 12.2 Å². The molecule has 0 unspecified atom stereocenters.